The van der Waals surface area contributed by atoms with Crippen molar-refractivity contribution in [1.82, 2.24) is 14.9 Å². The van der Waals surface area contributed by atoms with Gasteiger partial charge in [0.2, 0.25) is 0 Å². The molecule has 1 aliphatic heterocycles. The van der Waals surface area contributed by atoms with E-state index < -0.39 is 0 Å². The van der Waals surface area contributed by atoms with E-state index in [4.69, 9.17) is 0 Å². The van der Waals surface area contributed by atoms with Gasteiger partial charge in [-0.05, 0) is 17.2 Å². The molecule has 1 atom stereocenters. The second-order valence-electron chi connectivity index (χ2n) is 6.24. The second-order valence-corrected chi connectivity index (χ2v) is 6.24. The summed E-state index contributed by atoms with van der Waals surface area (Å²) >= 11 is 0. The van der Waals surface area contributed by atoms with Crippen molar-refractivity contribution in [3.63, 3.8) is 0 Å². The van der Waals surface area contributed by atoms with Crippen LogP contribution in [0, 0.1) is 0 Å². The quantitative estimate of drug-likeness (QED) is 0.666. The van der Waals surface area contributed by atoms with Gasteiger partial charge in [-0.25, -0.2) is 4.98 Å². The zero-order valence-electron chi connectivity index (χ0n) is 14.1. The molecule has 0 saturated carbocycles. The summed E-state index contributed by atoms with van der Waals surface area (Å²) in [5.41, 5.74) is 2.92. The first-order valence-corrected chi connectivity index (χ1v) is 8.47. The number of fused-ring (bicyclic) bond motifs is 1. The second kappa shape index (κ2) is 6.88. The van der Waals surface area contributed by atoms with E-state index >= 15 is 0 Å². The molecule has 0 aliphatic carbocycles. The van der Waals surface area contributed by atoms with Crippen LogP contribution < -0.4 is 0 Å². The molecule has 26 heavy (non-hydrogen) atoms. The van der Waals surface area contributed by atoms with Crippen molar-refractivity contribution in [2.24, 2.45) is 0 Å². The lowest BCUT2D eigenvalue weighted by molar-refractivity contribution is 0.0686. The number of hydrogen-bond acceptors (Lipinski definition) is 4. The fraction of sp³-hybridized carbons (Fsp3) is 0.143. The minimum atomic E-state index is -0.298. The molecular weight excluding hydrogens is 326 g/mol. The summed E-state index contributed by atoms with van der Waals surface area (Å²) in [6.07, 6.45) is 4.69. The van der Waals surface area contributed by atoms with Gasteiger partial charge in [-0.2, -0.15) is 0 Å². The molecule has 4 rings (SSSR count). The number of benzene rings is 2. The normalized spacial score (nSPS) is 15.8. The first-order chi connectivity index (χ1) is 12.7. The topological polar surface area (TPSA) is 63.2 Å². The van der Waals surface area contributed by atoms with Crippen LogP contribution in [0.25, 0.3) is 0 Å². The molecule has 0 radical (unpaired) electrons. The Hall–Kier alpha value is -3.34. The molecule has 0 spiro atoms. The Bertz CT molecular complexity index is 942. The molecule has 0 bridgehead atoms. The number of carbonyl (C=O) groups is 2. The molecule has 1 unspecified atom stereocenters. The molecule has 1 aromatic heterocycles. The van der Waals surface area contributed by atoms with Crippen molar-refractivity contribution < 1.29 is 9.59 Å². The van der Waals surface area contributed by atoms with Gasteiger partial charge in [0.1, 0.15) is 5.69 Å². The first-order valence-electron chi connectivity index (χ1n) is 8.47. The lowest BCUT2D eigenvalue weighted by atomic mass is 9.99. The molecule has 5 nitrogen and oxygen atoms in total. The molecule has 0 fully saturated rings. The summed E-state index contributed by atoms with van der Waals surface area (Å²) in [5, 5.41) is 0. The van der Waals surface area contributed by atoms with Crippen molar-refractivity contribution in [3.05, 3.63) is 95.6 Å². The van der Waals surface area contributed by atoms with Crippen LogP contribution >= 0.6 is 0 Å². The molecule has 2 aromatic carbocycles. The predicted octanol–water partition coefficient (Wildman–Crippen LogP) is 3.45. The van der Waals surface area contributed by atoms with Crippen LogP contribution in [0.2, 0.25) is 0 Å². The van der Waals surface area contributed by atoms with E-state index in [0.29, 0.717) is 17.8 Å². The molecular formula is C21H17N3O2. The van der Waals surface area contributed by atoms with Gasteiger partial charge < -0.3 is 4.90 Å². The molecule has 1 aliphatic rings. The monoisotopic (exact) mass is 343 g/mol. The maximum atomic E-state index is 12.9. The summed E-state index contributed by atoms with van der Waals surface area (Å²) in [7, 11) is 0. The van der Waals surface area contributed by atoms with Gasteiger partial charge in [-0.15, -0.1) is 0 Å². The molecule has 5 heteroatoms. The van der Waals surface area contributed by atoms with Gasteiger partial charge in [0, 0.05) is 30.9 Å². The maximum Gasteiger partial charge on any atom is 0.255 e. The Labute approximate surface area is 151 Å². The number of hydrogen-bond donors (Lipinski definition) is 0. The van der Waals surface area contributed by atoms with Crippen molar-refractivity contribution in [2.45, 2.75) is 19.0 Å². The fourth-order valence-corrected chi connectivity index (χ4v) is 3.35. The largest absolute Gasteiger partial charge is 0.327 e. The van der Waals surface area contributed by atoms with Crippen molar-refractivity contribution in [2.75, 3.05) is 0 Å². The molecule has 128 valence electrons. The number of aromatic nitrogens is 2. The van der Waals surface area contributed by atoms with E-state index in [1.165, 1.54) is 18.6 Å². The van der Waals surface area contributed by atoms with Gasteiger partial charge in [-0.1, -0.05) is 48.5 Å². The van der Waals surface area contributed by atoms with E-state index in [1.54, 1.807) is 4.90 Å². The van der Waals surface area contributed by atoms with Crippen LogP contribution in [0.4, 0.5) is 0 Å². The van der Waals surface area contributed by atoms with Crippen molar-refractivity contribution in [1.29, 1.82) is 0 Å². The summed E-state index contributed by atoms with van der Waals surface area (Å²) in [6, 6.07) is 17.0. The lowest BCUT2D eigenvalue weighted by Gasteiger charge is -2.25. The number of carbonyl (C=O) groups excluding carboxylic acids is 2. The average Bonchev–Trinajstić information content (AvgIpc) is 2.95. The van der Waals surface area contributed by atoms with Gasteiger partial charge >= 0.3 is 0 Å². The van der Waals surface area contributed by atoms with Gasteiger partial charge in [0.15, 0.2) is 5.78 Å². The van der Waals surface area contributed by atoms with Gasteiger partial charge in [0.05, 0.1) is 12.2 Å². The number of amides is 1. The number of ketones is 1. The zero-order valence-corrected chi connectivity index (χ0v) is 14.1. The molecule has 2 heterocycles. The standard InChI is InChI=1S/C21H17N3O2/c25-20(18-13-22-10-11-23-18)12-19-16-8-4-5-9-17(16)21(26)24(19)14-15-6-2-1-3-7-15/h1-11,13,19H,12,14H2. The Balaban J connectivity index is 1.66. The van der Waals surface area contributed by atoms with Gasteiger partial charge in [0.25, 0.3) is 5.91 Å². The minimum absolute atomic E-state index is 0.0404. The Kier molecular flexibility index (Phi) is 4.27. The highest BCUT2D eigenvalue weighted by molar-refractivity contribution is 6.01. The SMILES string of the molecule is O=C(CC1c2ccccc2C(=O)N1Cc1ccccc1)c1cnccn1. The highest BCUT2D eigenvalue weighted by Gasteiger charge is 2.37. The highest BCUT2D eigenvalue weighted by atomic mass is 16.2. The molecule has 3 aromatic rings. The molecule has 1 amide bonds. The Morgan fingerprint density at radius 2 is 1.77 bits per heavy atom. The van der Waals surface area contributed by atoms with Crippen LogP contribution in [0.15, 0.2) is 73.2 Å². The average molecular weight is 343 g/mol. The van der Waals surface area contributed by atoms with Crippen LogP contribution in [0.5, 0.6) is 0 Å². The third-order valence-electron chi connectivity index (χ3n) is 4.61. The zero-order chi connectivity index (χ0) is 17.9. The number of Topliss-reactive ketones (excluding diaryl/α,β-unsaturated/α-hetero) is 1. The summed E-state index contributed by atoms with van der Waals surface area (Å²) in [4.78, 5) is 35.4. The third kappa shape index (κ3) is 2.99. The highest BCUT2D eigenvalue weighted by Crippen LogP contribution is 2.37. The van der Waals surface area contributed by atoms with E-state index in [0.717, 1.165) is 11.1 Å². The first kappa shape index (κ1) is 16.1. The smallest absolute Gasteiger partial charge is 0.255 e. The summed E-state index contributed by atoms with van der Waals surface area (Å²) in [6.45, 7) is 0.465. The third-order valence-corrected chi connectivity index (χ3v) is 4.61. The fourth-order valence-electron chi connectivity index (χ4n) is 3.35. The lowest BCUT2D eigenvalue weighted by Crippen LogP contribution is -2.29. The van der Waals surface area contributed by atoms with E-state index in [9.17, 15) is 9.59 Å². The van der Waals surface area contributed by atoms with Crippen LogP contribution in [0.1, 0.15) is 44.4 Å². The number of rotatable bonds is 5. The maximum absolute atomic E-state index is 12.9. The Morgan fingerprint density at radius 1 is 1.00 bits per heavy atom. The van der Waals surface area contributed by atoms with E-state index in [-0.39, 0.29) is 24.2 Å². The minimum Gasteiger partial charge on any atom is -0.327 e. The van der Waals surface area contributed by atoms with Crippen molar-refractivity contribution >= 4 is 11.7 Å². The van der Waals surface area contributed by atoms with Gasteiger partial charge in [-0.3, -0.25) is 14.6 Å². The van der Waals surface area contributed by atoms with E-state index in [2.05, 4.69) is 9.97 Å². The van der Waals surface area contributed by atoms with Crippen LogP contribution in [-0.4, -0.2) is 26.6 Å². The van der Waals surface area contributed by atoms with Crippen molar-refractivity contribution in [3.8, 4) is 0 Å². The van der Waals surface area contributed by atoms with Crippen LogP contribution in [-0.2, 0) is 6.54 Å². The van der Waals surface area contributed by atoms with E-state index in [1.807, 2.05) is 54.6 Å². The molecule has 0 N–H and O–H groups in total. The predicted molar refractivity (Wildman–Crippen MR) is 96.5 cm³/mol. The number of nitrogens with zero attached hydrogens (tertiary/aromatic N) is 3. The Morgan fingerprint density at radius 3 is 2.54 bits per heavy atom. The summed E-state index contributed by atoms with van der Waals surface area (Å²) < 4.78 is 0. The van der Waals surface area contributed by atoms with Crippen LogP contribution in [0.3, 0.4) is 0 Å². The summed E-state index contributed by atoms with van der Waals surface area (Å²) in [5.74, 6) is -0.160. The molecule has 0 saturated heterocycles.